The summed E-state index contributed by atoms with van der Waals surface area (Å²) in [6.07, 6.45) is 0.801. The van der Waals surface area contributed by atoms with Crippen molar-refractivity contribution in [3.63, 3.8) is 0 Å². The molecule has 0 aliphatic heterocycles. The second kappa shape index (κ2) is 8.01. The number of amides is 2. The zero-order valence-corrected chi connectivity index (χ0v) is 15.1. The number of hydrogen-bond donors (Lipinski definition) is 2. The summed E-state index contributed by atoms with van der Waals surface area (Å²) in [5, 5.41) is 14.7. The molecule has 0 saturated heterocycles. The molecule has 0 bridgehead atoms. The number of rotatable bonds is 6. The van der Waals surface area contributed by atoms with Gasteiger partial charge in [-0.3, -0.25) is 9.59 Å². The zero-order valence-electron chi connectivity index (χ0n) is 14.3. The Balaban J connectivity index is 2.06. The van der Waals surface area contributed by atoms with Gasteiger partial charge in [0.2, 0.25) is 5.01 Å². The summed E-state index contributed by atoms with van der Waals surface area (Å²) in [4.78, 5) is 24.3. The molecule has 6 nitrogen and oxygen atoms in total. The Morgan fingerprint density at radius 3 is 2.54 bits per heavy atom. The molecule has 2 N–H and O–H groups in total. The maximum absolute atomic E-state index is 12.3. The van der Waals surface area contributed by atoms with E-state index in [9.17, 15) is 9.59 Å². The van der Waals surface area contributed by atoms with Gasteiger partial charge in [0, 0.05) is 23.7 Å². The van der Waals surface area contributed by atoms with Crippen molar-refractivity contribution in [1.29, 1.82) is 0 Å². The second-order valence-corrected chi connectivity index (χ2v) is 7.32. The Morgan fingerprint density at radius 2 is 1.88 bits per heavy atom. The Hall–Kier alpha value is -2.28. The summed E-state index contributed by atoms with van der Waals surface area (Å²) < 4.78 is 0. The lowest BCUT2D eigenvalue weighted by atomic mass is 10.1. The van der Waals surface area contributed by atoms with Crippen LogP contribution in [0.3, 0.4) is 0 Å². The van der Waals surface area contributed by atoms with Gasteiger partial charge in [-0.25, -0.2) is 0 Å². The summed E-state index contributed by atoms with van der Waals surface area (Å²) in [7, 11) is 0. The van der Waals surface area contributed by atoms with Crippen LogP contribution >= 0.6 is 11.3 Å². The van der Waals surface area contributed by atoms with Crippen LogP contribution in [-0.4, -0.2) is 28.1 Å². The maximum Gasteiger partial charge on any atom is 0.286 e. The molecular weight excluding hydrogens is 324 g/mol. The third-order valence-corrected chi connectivity index (χ3v) is 3.99. The molecule has 0 aliphatic rings. The molecule has 128 valence electrons. The van der Waals surface area contributed by atoms with Crippen molar-refractivity contribution >= 4 is 28.8 Å². The number of benzene rings is 1. The highest BCUT2D eigenvalue weighted by Crippen LogP contribution is 2.17. The van der Waals surface area contributed by atoms with E-state index in [2.05, 4.69) is 34.7 Å². The molecule has 0 fully saturated rings. The van der Waals surface area contributed by atoms with Crippen LogP contribution in [0.4, 0.5) is 5.69 Å². The number of aromatic nitrogens is 2. The monoisotopic (exact) mass is 346 g/mol. The van der Waals surface area contributed by atoms with E-state index >= 15 is 0 Å². The molecule has 2 amide bonds. The average Bonchev–Trinajstić information content (AvgIpc) is 2.94. The van der Waals surface area contributed by atoms with E-state index < -0.39 is 0 Å². The van der Waals surface area contributed by atoms with E-state index in [0.29, 0.717) is 22.2 Å². The Labute approximate surface area is 145 Å². The molecule has 1 aromatic carbocycles. The van der Waals surface area contributed by atoms with Crippen molar-refractivity contribution in [1.82, 2.24) is 15.5 Å². The average molecular weight is 346 g/mol. The Morgan fingerprint density at radius 1 is 1.12 bits per heavy atom. The molecular formula is C17H22N4O2S. The van der Waals surface area contributed by atoms with Crippen LogP contribution in [0.25, 0.3) is 0 Å². The number of nitrogens with one attached hydrogen (secondary N) is 2. The second-order valence-electron chi connectivity index (χ2n) is 6.26. The molecule has 0 aliphatic carbocycles. The smallest absolute Gasteiger partial charge is 0.286 e. The highest BCUT2D eigenvalue weighted by molar-refractivity contribution is 7.13. The lowest BCUT2D eigenvalue weighted by Gasteiger charge is -2.09. The summed E-state index contributed by atoms with van der Waals surface area (Å²) in [6, 6.07) is 6.87. The van der Waals surface area contributed by atoms with Gasteiger partial charge in [-0.1, -0.05) is 31.3 Å². The largest absolute Gasteiger partial charge is 0.350 e. The van der Waals surface area contributed by atoms with E-state index in [-0.39, 0.29) is 17.9 Å². The summed E-state index contributed by atoms with van der Waals surface area (Å²) in [5.41, 5.74) is 1.05. The SMILES string of the molecule is CC(C)Cc1nnc(C(=O)Nc2cccc(C(=O)NC(C)C)c2)s1. The molecule has 7 heteroatoms. The molecule has 0 radical (unpaired) electrons. The van der Waals surface area contributed by atoms with E-state index in [1.807, 2.05) is 13.8 Å². The number of nitrogens with zero attached hydrogens (tertiary/aromatic N) is 2. The molecule has 2 rings (SSSR count). The van der Waals surface area contributed by atoms with Gasteiger partial charge < -0.3 is 10.6 Å². The van der Waals surface area contributed by atoms with Crippen LogP contribution in [0.5, 0.6) is 0 Å². The first-order chi connectivity index (χ1) is 11.3. The van der Waals surface area contributed by atoms with Crippen LogP contribution in [-0.2, 0) is 6.42 Å². The highest BCUT2D eigenvalue weighted by Gasteiger charge is 2.15. The Kier molecular flexibility index (Phi) is 6.03. The first-order valence-corrected chi connectivity index (χ1v) is 8.71. The van der Waals surface area contributed by atoms with Crippen LogP contribution in [0.2, 0.25) is 0 Å². The molecule has 0 atom stereocenters. The molecule has 0 spiro atoms. The Bertz CT molecular complexity index is 725. The molecule has 1 heterocycles. The van der Waals surface area contributed by atoms with Crippen molar-refractivity contribution < 1.29 is 9.59 Å². The van der Waals surface area contributed by atoms with Crippen LogP contribution in [0.15, 0.2) is 24.3 Å². The molecule has 0 saturated carbocycles. The predicted octanol–water partition coefficient (Wildman–Crippen LogP) is 3.13. The fourth-order valence-electron chi connectivity index (χ4n) is 2.05. The van der Waals surface area contributed by atoms with Crippen molar-refractivity contribution in [2.75, 3.05) is 5.32 Å². The lowest BCUT2D eigenvalue weighted by Crippen LogP contribution is -2.30. The standard InChI is InChI=1S/C17H22N4O2S/c1-10(2)8-14-20-21-17(24-14)16(23)19-13-7-5-6-12(9-13)15(22)18-11(3)4/h5-7,9-11H,8H2,1-4H3,(H,18,22)(H,19,23). The van der Waals surface area contributed by atoms with E-state index in [4.69, 9.17) is 0 Å². The molecule has 24 heavy (non-hydrogen) atoms. The fourth-order valence-corrected chi connectivity index (χ4v) is 2.99. The first kappa shape index (κ1) is 18.1. The minimum absolute atomic E-state index is 0.0523. The predicted molar refractivity (Wildman–Crippen MR) is 95.4 cm³/mol. The fraction of sp³-hybridized carbons (Fsp3) is 0.412. The van der Waals surface area contributed by atoms with E-state index in [0.717, 1.165) is 11.4 Å². The van der Waals surface area contributed by atoms with Crippen molar-refractivity contribution in [3.05, 3.63) is 39.8 Å². The maximum atomic E-state index is 12.3. The van der Waals surface area contributed by atoms with Gasteiger partial charge in [-0.2, -0.15) is 0 Å². The van der Waals surface area contributed by atoms with Crippen LogP contribution in [0, 0.1) is 5.92 Å². The van der Waals surface area contributed by atoms with Gasteiger partial charge in [0.1, 0.15) is 5.01 Å². The normalized spacial score (nSPS) is 10.9. The summed E-state index contributed by atoms with van der Waals surface area (Å²) in [5.74, 6) is -0.0230. The van der Waals surface area contributed by atoms with Crippen molar-refractivity contribution in [2.45, 2.75) is 40.2 Å². The molecule has 1 aromatic heterocycles. The van der Waals surface area contributed by atoms with Gasteiger partial charge in [-0.05, 0) is 38.0 Å². The van der Waals surface area contributed by atoms with E-state index in [1.165, 1.54) is 11.3 Å². The third kappa shape index (κ3) is 5.13. The van der Waals surface area contributed by atoms with Crippen LogP contribution in [0.1, 0.15) is 52.9 Å². The molecule has 2 aromatic rings. The summed E-state index contributed by atoms with van der Waals surface area (Å²) in [6.45, 7) is 7.98. The van der Waals surface area contributed by atoms with Crippen LogP contribution < -0.4 is 10.6 Å². The summed E-state index contributed by atoms with van der Waals surface area (Å²) >= 11 is 1.29. The van der Waals surface area contributed by atoms with Gasteiger partial charge in [-0.15, -0.1) is 10.2 Å². The minimum atomic E-state index is -0.316. The minimum Gasteiger partial charge on any atom is -0.350 e. The van der Waals surface area contributed by atoms with Gasteiger partial charge >= 0.3 is 0 Å². The number of hydrogen-bond acceptors (Lipinski definition) is 5. The molecule has 0 unspecified atom stereocenters. The van der Waals surface area contributed by atoms with Crippen molar-refractivity contribution in [2.24, 2.45) is 5.92 Å². The topological polar surface area (TPSA) is 84.0 Å². The quantitative estimate of drug-likeness (QED) is 0.842. The van der Waals surface area contributed by atoms with Gasteiger partial charge in [0.05, 0.1) is 0 Å². The zero-order chi connectivity index (χ0) is 17.7. The van der Waals surface area contributed by atoms with Gasteiger partial charge in [0.15, 0.2) is 0 Å². The highest BCUT2D eigenvalue weighted by atomic mass is 32.1. The van der Waals surface area contributed by atoms with Crippen molar-refractivity contribution in [3.8, 4) is 0 Å². The first-order valence-electron chi connectivity index (χ1n) is 7.89. The number of carbonyl (C=O) groups is 2. The van der Waals surface area contributed by atoms with Gasteiger partial charge in [0.25, 0.3) is 11.8 Å². The van der Waals surface area contributed by atoms with E-state index in [1.54, 1.807) is 24.3 Å². The third-order valence-electron chi connectivity index (χ3n) is 3.05. The number of anilines is 1. The number of carbonyl (C=O) groups excluding carboxylic acids is 2. The lowest BCUT2D eigenvalue weighted by molar-refractivity contribution is 0.0941.